The van der Waals surface area contributed by atoms with Crippen LogP contribution in [0.2, 0.25) is 10.0 Å². The molecule has 0 unspecified atom stereocenters. The smallest absolute Gasteiger partial charge is 0.267 e. The highest BCUT2D eigenvalue weighted by molar-refractivity contribution is 6.31. The molecular weight excluding hydrogens is 331 g/mol. The van der Waals surface area contributed by atoms with E-state index in [0.717, 1.165) is 34.7 Å². The lowest BCUT2D eigenvalue weighted by molar-refractivity contribution is 0.783. The van der Waals surface area contributed by atoms with Gasteiger partial charge in [-0.05, 0) is 60.4 Å². The molecule has 5 heteroatoms. The summed E-state index contributed by atoms with van der Waals surface area (Å²) in [7, 11) is 0. The van der Waals surface area contributed by atoms with E-state index in [2.05, 4.69) is 5.10 Å². The summed E-state index contributed by atoms with van der Waals surface area (Å²) >= 11 is 12.0. The molecule has 3 nitrogen and oxygen atoms in total. The van der Waals surface area contributed by atoms with Gasteiger partial charge in [0.1, 0.15) is 0 Å². The number of hydrogen-bond acceptors (Lipinski definition) is 2. The predicted octanol–water partition coefficient (Wildman–Crippen LogP) is 4.30. The molecule has 3 aromatic rings. The first-order chi connectivity index (χ1) is 11.1. The Hall–Kier alpha value is -2.10. The van der Waals surface area contributed by atoms with E-state index < -0.39 is 0 Å². The minimum Gasteiger partial charge on any atom is -0.267 e. The molecule has 1 heterocycles. The number of aromatic nitrogens is 2. The Morgan fingerprint density at radius 2 is 1.57 bits per heavy atom. The van der Waals surface area contributed by atoms with Gasteiger partial charge in [-0.3, -0.25) is 4.79 Å². The Morgan fingerprint density at radius 3 is 2.35 bits per heavy atom. The first-order valence-electron chi connectivity index (χ1n) is 7.30. The van der Waals surface area contributed by atoms with Crippen molar-refractivity contribution in [3.8, 4) is 16.9 Å². The minimum atomic E-state index is -0.136. The zero-order chi connectivity index (χ0) is 16.0. The summed E-state index contributed by atoms with van der Waals surface area (Å²) in [5.41, 5.74) is 4.59. The third kappa shape index (κ3) is 2.56. The summed E-state index contributed by atoms with van der Waals surface area (Å²) in [6, 6.07) is 14.5. The first kappa shape index (κ1) is 14.5. The Kier molecular flexibility index (Phi) is 3.47. The summed E-state index contributed by atoms with van der Waals surface area (Å²) in [6.07, 6.45) is 1.67. The third-order valence-corrected chi connectivity index (χ3v) is 4.55. The fourth-order valence-corrected chi connectivity index (χ4v) is 3.27. The van der Waals surface area contributed by atoms with E-state index in [1.807, 2.05) is 18.2 Å². The number of halogens is 2. The predicted molar refractivity (Wildman–Crippen MR) is 92.7 cm³/mol. The van der Waals surface area contributed by atoms with Crippen LogP contribution in [0.4, 0.5) is 0 Å². The molecule has 2 aromatic carbocycles. The second-order valence-corrected chi connectivity index (χ2v) is 6.42. The lowest BCUT2D eigenvalue weighted by atomic mass is 9.89. The third-order valence-electron chi connectivity index (χ3n) is 4.07. The van der Waals surface area contributed by atoms with Gasteiger partial charge < -0.3 is 0 Å². The number of benzene rings is 2. The standard InChI is InChI=1S/C18H12Cl2N2O/c19-13-3-6-15(7-4-13)22-17(23)10-12-2-1-11-9-14(20)5-8-16(11)18(12)21-22/h3-10H,1-2H2. The van der Waals surface area contributed by atoms with Crippen molar-refractivity contribution in [1.29, 1.82) is 0 Å². The highest BCUT2D eigenvalue weighted by atomic mass is 35.5. The molecule has 23 heavy (non-hydrogen) atoms. The van der Waals surface area contributed by atoms with E-state index in [9.17, 15) is 4.79 Å². The lowest BCUT2D eigenvalue weighted by Gasteiger charge is -2.20. The SMILES string of the molecule is O=c1cc2c(nn1-c1ccc(Cl)cc1)-c1ccc(Cl)cc1CC2. The summed E-state index contributed by atoms with van der Waals surface area (Å²) in [5.74, 6) is 0. The minimum absolute atomic E-state index is 0.136. The Labute approximate surface area is 143 Å². The molecule has 0 spiro atoms. The second kappa shape index (κ2) is 5.52. The zero-order valence-corrected chi connectivity index (χ0v) is 13.6. The molecule has 0 N–H and O–H groups in total. The molecule has 0 amide bonds. The van der Waals surface area contributed by atoms with Crippen molar-refractivity contribution in [2.45, 2.75) is 12.8 Å². The summed E-state index contributed by atoms with van der Waals surface area (Å²) < 4.78 is 1.42. The van der Waals surface area contributed by atoms with Crippen LogP contribution in [0.1, 0.15) is 11.1 Å². The maximum absolute atomic E-state index is 12.4. The van der Waals surface area contributed by atoms with Gasteiger partial charge in [0, 0.05) is 21.7 Å². The van der Waals surface area contributed by atoms with Crippen LogP contribution in [-0.2, 0) is 12.8 Å². The van der Waals surface area contributed by atoms with Crippen molar-refractivity contribution in [1.82, 2.24) is 9.78 Å². The van der Waals surface area contributed by atoms with Crippen molar-refractivity contribution in [3.63, 3.8) is 0 Å². The van der Waals surface area contributed by atoms with Gasteiger partial charge in [-0.15, -0.1) is 0 Å². The Morgan fingerprint density at radius 1 is 0.870 bits per heavy atom. The van der Waals surface area contributed by atoms with Crippen molar-refractivity contribution in [3.05, 3.63) is 80.1 Å². The van der Waals surface area contributed by atoms with Crippen molar-refractivity contribution >= 4 is 23.2 Å². The molecule has 0 saturated heterocycles. The summed E-state index contributed by atoms with van der Waals surface area (Å²) in [4.78, 5) is 12.4. The quantitative estimate of drug-likeness (QED) is 0.660. The Bertz CT molecular complexity index is 962. The van der Waals surface area contributed by atoms with Crippen LogP contribution in [0.15, 0.2) is 53.3 Å². The molecule has 114 valence electrons. The number of aryl methyl sites for hydroxylation is 2. The van der Waals surface area contributed by atoms with Gasteiger partial charge in [0.2, 0.25) is 0 Å². The molecule has 0 bridgehead atoms. The van der Waals surface area contributed by atoms with Crippen LogP contribution in [0, 0.1) is 0 Å². The summed E-state index contributed by atoms with van der Waals surface area (Å²) in [5, 5.41) is 5.95. The van der Waals surface area contributed by atoms with Crippen LogP contribution < -0.4 is 5.56 Å². The van der Waals surface area contributed by atoms with Gasteiger partial charge in [0.25, 0.3) is 5.56 Å². The van der Waals surface area contributed by atoms with Crippen LogP contribution in [0.3, 0.4) is 0 Å². The maximum atomic E-state index is 12.4. The molecular formula is C18H12Cl2N2O. The van der Waals surface area contributed by atoms with E-state index in [-0.39, 0.29) is 5.56 Å². The fraction of sp³-hybridized carbons (Fsp3) is 0.111. The molecule has 0 atom stereocenters. The Balaban J connectivity index is 1.92. The van der Waals surface area contributed by atoms with Crippen LogP contribution in [0.5, 0.6) is 0 Å². The normalized spacial score (nSPS) is 12.6. The zero-order valence-electron chi connectivity index (χ0n) is 12.1. The molecule has 0 fully saturated rings. The van der Waals surface area contributed by atoms with Gasteiger partial charge in [0.15, 0.2) is 0 Å². The fourth-order valence-electron chi connectivity index (χ4n) is 2.95. The highest BCUT2D eigenvalue weighted by Crippen LogP contribution is 2.32. The molecule has 0 saturated carbocycles. The molecule has 0 radical (unpaired) electrons. The van der Waals surface area contributed by atoms with Crippen LogP contribution in [0.25, 0.3) is 16.9 Å². The number of rotatable bonds is 1. The first-order valence-corrected chi connectivity index (χ1v) is 8.05. The van der Waals surface area contributed by atoms with Crippen LogP contribution in [-0.4, -0.2) is 9.78 Å². The van der Waals surface area contributed by atoms with E-state index in [1.54, 1.807) is 30.3 Å². The van der Waals surface area contributed by atoms with E-state index in [0.29, 0.717) is 10.7 Å². The molecule has 1 aromatic heterocycles. The molecule has 1 aliphatic rings. The van der Waals surface area contributed by atoms with Crippen LogP contribution >= 0.6 is 23.2 Å². The largest absolute Gasteiger partial charge is 0.271 e. The van der Waals surface area contributed by atoms with Crippen molar-refractivity contribution in [2.24, 2.45) is 0 Å². The van der Waals surface area contributed by atoms with Gasteiger partial charge in [-0.1, -0.05) is 29.3 Å². The van der Waals surface area contributed by atoms with Crippen molar-refractivity contribution in [2.75, 3.05) is 0 Å². The molecule has 1 aliphatic carbocycles. The number of fused-ring (bicyclic) bond motifs is 3. The monoisotopic (exact) mass is 342 g/mol. The van der Waals surface area contributed by atoms with Gasteiger partial charge in [-0.25, -0.2) is 0 Å². The van der Waals surface area contributed by atoms with Gasteiger partial charge >= 0.3 is 0 Å². The molecule has 0 aliphatic heterocycles. The average Bonchev–Trinajstić information content (AvgIpc) is 2.55. The lowest BCUT2D eigenvalue weighted by Crippen LogP contribution is -2.24. The van der Waals surface area contributed by atoms with E-state index >= 15 is 0 Å². The summed E-state index contributed by atoms with van der Waals surface area (Å²) in [6.45, 7) is 0. The van der Waals surface area contributed by atoms with Crippen molar-refractivity contribution < 1.29 is 0 Å². The topological polar surface area (TPSA) is 34.9 Å². The second-order valence-electron chi connectivity index (χ2n) is 5.55. The number of hydrogen-bond donors (Lipinski definition) is 0. The molecule has 4 rings (SSSR count). The van der Waals surface area contributed by atoms with Gasteiger partial charge in [-0.2, -0.15) is 9.78 Å². The van der Waals surface area contributed by atoms with E-state index in [1.165, 1.54) is 10.2 Å². The average molecular weight is 343 g/mol. The highest BCUT2D eigenvalue weighted by Gasteiger charge is 2.20. The van der Waals surface area contributed by atoms with E-state index in [4.69, 9.17) is 23.2 Å². The maximum Gasteiger partial charge on any atom is 0.271 e. The van der Waals surface area contributed by atoms with Gasteiger partial charge in [0.05, 0.1) is 11.4 Å². The number of nitrogens with zero attached hydrogens (tertiary/aromatic N) is 2.